The third-order valence-corrected chi connectivity index (χ3v) is 3.10. The fourth-order valence-corrected chi connectivity index (χ4v) is 1.66. The van der Waals surface area contributed by atoms with Crippen LogP contribution in [-0.4, -0.2) is 19.8 Å². The lowest BCUT2D eigenvalue weighted by molar-refractivity contribution is -0.0446. The van der Waals surface area contributed by atoms with E-state index >= 15 is 0 Å². The van der Waals surface area contributed by atoms with E-state index in [9.17, 15) is 30.8 Å². The number of amides is 1. The Bertz CT molecular complexity index is 564. The van der Waals surface area contributed by atoms with Gasteiger partial charge in [-0.25, -0.2) is 9.11 Å². The van der Waals surface area contributed by atoms with Crippen LogP contribution in [0.15, 0.2) is 18.2 Å². The topological polar surface area (TPSA) is 63.2 Å². The van der Waals surface area contributed by atoms with Crippen LogP contribution in [0.3, 0.4) is 0 Å². The van der Waals surface area contributed by atoms with E-state index in [1.54, 1.807) is 0 Å². The third kappa shape index (κ3) is 2.91. The van der Waals surface area contributed by atoms with Gasteiger partial charge in [-0.3, -0.25) is 4.79 Å². The second kappa shape index (κ2) is 4.73. The molecule has 0 bridgehead atoms. The Kier molecular flexibility index (Phi) is 3.86. The number of rotatable bonds is 2. The summed E-state index contributed by atoms with van der Waals surface area (Å²) in [4.78, 5) is 11.2. The van der Waals surface area contributed by atoms with Crippen molar-refractivity contribution < 1.29 is 30.8 Å². The van der Waals surface area contributed by atoms with Crippen LogP contribution in [-0.2, 0) is 10.0 Å². The molecule has 0 fully saturated rings. The fourth-order valence-electron chi connectivity index (χ4n) is 0.946. The lowest BCUT2D eigenvalue weighted by atomic mass is 10.2. The molecule has 0 aromatic heterocycles. The van der Waals surface area contributed by atoms with E-state index in [0.29, 0.717) is 4.72 Å². The molecule has 0 saturated heterocycles. The highest BCUT2D eigenvalue weighted by atomic mass is 35.5. The minimum Gasteiger partial charge on any atom is -0.268 e. The van der Waals surface area contributed by atoms with Gasteiger partial charge >= 0.3 is 15.5 Å². The first-order valence-corrected chi connectivity index (χ1v) is 6.00. The molecule has 1 N–H and O–H groups in total. The molecule has 18 heavy (non-hydrogen) atoms. The number of carbonyl (C=O) groups excluding carboxylic acids is 1. The Morgan fingerprint density at radius 1 is 1.28 bits per heavy atom. The first kappa shape index (κ1) is 14.7. The summed E-state index contributed by atoms with van der Waals surface area (Å²) in [5, 5.41) is -0.509. The fraction of sp³-hybridized carbons (Fsp3) is 0.125. The summed E-state index contributed by atoms with van der Waals surface area (Å²) in [5.41, 5.74) is -6.66. The van der Waals surface area contributed by atoms with E-state index in [2.05, 4.69) is 0 Å². The number of benzene rings is 1. The molecule has 1 amide bonds. The second-order valence-corrected chi connectivity index (χ2v) is 5.06. The van der Waals surface area contributed by atoms with Crippen LogP contribution in [0.2, 0.25) is 5.02 Å². The molecule has 0 heterocycles. The summed E-state index contributed by atoms with van der Waals surface area (Å²) in [6, 6.07) is 2.88. The van der Waals surface area contributed by atoms with Crippen molar-refractivity contribution in [2.24, 2.45) is 0 Å². The molecular formula is C8H4ClF4NO3S. The van der Waals surface area contributed by atoms with Gasteiger partial charge in [0.25, 0.3) is 5.91 Å². The minimum absolute atomic E-state index is 0.509. The van der Waals surface area contributed by atoms with Gasteiger partial charge in [0, 0.05) is 0 Å². The second-order valence-electron chi connectivity index (χ2n) is 2.98. The van der Waals surface area contributed by atoms with Crippen LogP contribution in [0.5, 0.6) is 0 Å². The predicted molar refractivity (Wildman–Crippen MR) is 53.9 cm³/mol. The molecule has 0 atom stereocenters. The van der Waals surface area contributed by atoms with Gasteiger partial charge < -0.3 is 0 Å². The number of sulfonamides is 1. The van der Waals surface area contributed by atoms with Crippen molar-refractivity contribution in [1.29, 1.82) is 0 Å². The molecule has 4 nitrogen and oxygen atoms in total. The predicted octanol–water partition coefficient (Wildman–Crippen LogP) is 2.06. The van der Waals surface area contributed by atoms with Crippen LogP contribution < -0.4 is 4.72 Å². The quantitative estimate of drug-likeness (QED) is 0.851. The van der Waals surface area contributed by atoms with E-state index in [0.717, 1.165) is 18.2 Å². The van der Waals surface area contributed by atoms with Crippen LogP contribution in [0, 0.1) is 5.82 Å². The molecule has 100 valence electrons. The number of alkyl halides is 3. The number of nitrogens with one attached hydrogen (secondary N) is 1. The first-order chi connectivity index (χ1) is 8.06. The SMILES string of the molecule is O=C(NS(=O)(=O)C(F)(F)F)c1c(F)cccc1Cl. The van der Waals surface area contributed by atoms with Crippen LogP contribution in [0.4, 0.5) is 17.6 Å². The highest BCUT2D eigenvalue weighted by molar-refractivity contribution is 7.90. The first-order valence-electron chi connectivity index (χ1n) is 4.13. The van der Waals surface area contributed by atoms with Gasteiger partial charge in [0.05, 0.1) is 10.6 Å². The van der Waals surface area contributed by atoms with Crippen molar-refractivity contribution in [2.75, 3.05) is 0 Å². The largest absolute Gasteiger partial charge is 0.516 e. The number of carbonyl (C=O) groups is 1. The minimum atomic E-state index is -5.90. The summed E-state index contributed by atoms with van der Waals surface area (Å²) in [6.45, 7) is 0. The van der Waals surface area contributed by atoms with Crippen molar-refractivity contribution in [1.82, 2.24) is 4.72 Å². The van der Waals surface area contributed by atoms with Gasteiger partial charge in [-0.2, -0.15) is 21.6 Å². The lowest BCUT2D eigenvalue weighted by Crippen LogP contribution is -2.40. The van der Waals surface area contributed by atoms with Crippen LogP contribution >= 0.6 is 11.6 Å². The maximum atomic E-state index is 13.2. The highest BCUT2D eigenvalue weighted by Crippen LogP contribution is 2.24. The normalized spacial score (nSPS) is 12.3. The van der Waals surface area contributed by atoms with Crippen molar-refractivity contribution >= 4 is 27.5 Å². The van der Waals surface area contributed by atoms with Crippen molar-refractivity contribution in [3.63, 3.8) is 0 Å². The molecule has 1 aromatic rings. The Hall–Kier alpha value is -1.35. The molecule has 1 aromatic carbocycles. The number of hydrogen-bond donors (Lipinski definition) is 1. The zero-order valence-electron chi connectivity index (χ0n) is 8.25. The van der Waals surface area contributed by atoms with Crippen LogP contribution in [0.25, 0.3) is 0 Å². The molecule has 10 heteroatoms. The van der Waals surface area contributed by atoms with Crippen LogP contribution in [0.1, 0.15) is 10.4 Å². The monoisotopic (exact) mass is 305 g/mol. The third-order valence-electron chi connectivity index (χ3n) is 1.72. The average molecular weight is 306 g/mol. The smallest absolute Gasteiger partial charge is 0.268 e. The standard InChI is InChI=1S/C8H4ClF4NO3S/c9-4-2-1-3-5(10)6(4)7(15)14-18(16,17)8(11,12)13/h1-3H,(H,14,15). The molecule has 0 unspecified atom stereocenters. The zero-order chi connectivity index (χ0) is 14.1. The van der Waals surface area contributed by atoms with Gasteiger partial charge in [-0.1, -0.05) is 17.7 Å². The zero-order valence-corrected chi connectivity index (χ0v) is 9.83. The van der Waals surface area contributed by atoms with E-state index in [4.69, 9.17) is 11.6 Å². The molecule has 0 radical (unpaired) electrons. The number of halogens is 5. The molecular weight excluding hydrogens is 302 g/mol. The Balaban J connectivity index is 3.12. The van der Waals surface area contributed by atoms with E-state index in [1.807, 2.05) is 0 Å². The summed E-state index contributed by atoms with van der Waals surface area (Å²) >= 11 is 5.39. The van der Waals surface area contributed by atoms with Crippen molar-refractivity contribution in [3.8, 4) is 0 Å². The Labute approximate surface area is 104 Å². The van der Waals surface area contributed by atoms with Gasteiger partial charge in [0.1, 0.15) is 5.82 Å². The summed E-state index contributed by atoms with van der Waals surface area (Å²) in [7, 11) is -5.90. The summed E-state index contributed by atoms with van der Waals surface area (Å²) < 4.78 is 71.0. The molecule has 0 saturated carbocycles. The van der Waals surface area contributed by atoms with E-state index < -0.39 is 37.8 Å². The molecule has 1 rings (SSSR count). The summed E-state index contributed by atoms with van der Waals surface area (Å²) in [6.07, 6.45) is 0. The maximum absolute atomic E-state index is 13.2. The average Bonchev–Trinajstić information content (AvgIpc) is 2.14. The Morgan fingerprint density at radius 3 is 2.28 bits per heavy atom. The lowest BCUT2D eigenvalue weighted by Gasteiger charge is -2.10. The molecule has 0 aliphatic heterocycles. The van der Waals surface area contributed by atoms with Gasteiger partial charge in [0.2, 0.25) is 0 Å². The molecule has 0 aliphatic rings. The summed E-state index contributed by atoms with van der Waals surface area (Å²) in [5.74, 6) is -3.03. The van der Waals surface area contributed by atoms with Crippen molar-refractivity contribution in [2.45, 2.75) is 5.51 Å². The van der Waals surface area contributed by atoms with Crippen molar-refractivity contribution in [3.05, 3.63) is 34.6 Å². The highest BCUT2D eigenvalue weighted by Gasteiger charge is 2.47. The Morgan fingerprint density at radius 2 is 1.83 bits per heavy atom. The van der Waals surface area contributed by atoms with Gasteiger partial charge in [-0.15, -0.1) is 0 Å². The van der Waals surface area contributed by atoms with Gasteiger partial charge in [0.15, 0.2) is 0 Å². The molecule has 0 spiro atoms. The van der Waals surface area contributed by atoms with E-state index in [1.165, 1.54) is 0 Å². The van der Waals surface area contributed by atoms with E-state index in [-0.39, 0.29) is 0 Å². The molecule has 0 aliphatic carbocycles. The number of hydrogen-bond acceptors (Lipinski definition) is 3. The maximum Gasteiger partial charge on any atom is 0.516 e. The van der Waals surface area contributed by atoms with Gasteiger partial charge in [-0.05, 0) is 12.1 Å².